The van der Waals surface area contributed by atoms with Gasteiger partial charge in [0.25, 0.3) is 0 Å². The Hall–Kier alpha value is -1.97. The predicted molar refractivity (Wildman–Crippen MR) is 76.3 cm³/mol. The van der Waals surface area contributed by atoms with Gasteiger partial charge in [-0.25, -0.2) is 4.79 Å². The Morgan fingerprint density at radius 1 is 1.37 bits per heavy atom. The van der Waals surface area contributed by atoms with Crippen molar-refractivity contribution in [1.29, 1.82) is 0 Å². The number of alkyl carbamates (subject to hydrolysis) is 1. The van der Waals surface area contributed by atoms with Gasteiger partial charge in [-0.05, 0) is 24.5 Å². The van der Waals surface area contributed by atoms with Gasteiger partial charge in [0.2, 0.25) is 0 Å². The molecule has 1 N–H and O–H groups in total. The Labute approximate surface area is 113 Å². The maximum Gasteiger partial charge on any atom is 0.406 e. The summed E-state index contributed by atoms with van der Waals surface area (Å²) in [6.45, 7) is 3.69. The second-order valence-electron chi connectivity index (χ2n) is 4.49. The normalized spacial score (nSPS) is 10.6. The molecule has 0 aliphatic rings. The van der Waals surface area contributed by atoms with Gasteiger partial charge in [-0.2, -0.15) is 0 Å². The fraction of sp³-hybridized carbons (Fsp3) is 0.400. The first-order valence-corrected chi connectivity index (χ1v) is 6.64. The van der Waals surface area contributed by atoms with Crippen molar-refractivity contribution in [2.45, 2.75) is 26.3 Å². The molecule has 19 heavy (non-hydrogen) atoms. The van der Waals surface area contributed by atoms with Crippen molar-refractivity contribution in [3.8, 4) is 0 Å². The largest absolute Gasteiger partial charge is 0.453 e. The molecule has 2 rings (SSSR count). The Morgan fingerprint density at radius 3 is 2.89 bits per heavy atom. The maximum atomic E-state index is 10.9. The number of aromatic nitrogens is 1. The molecule has 1 aromatic carbocycles. The summed E-state index contributed by atoms with van der Waals surface area (Å²) in [6, 6.07) is 8.44. The van der Waals surface area contributed by atoms with Crippen LogP contribution in [0.3, 0.4) is 0 Å². The van der Waals surface area contributed by atoms with Crippen molar-refractivity contribution >= 4 is 17.0 Å². The van der Waals surface area contributed by atoms with Crippen LogP contribution in [-0.2, 0) is 17.7 Å². The molecule has 0 saturated carbocycles. The van der Waals surface area contributed by atoms with Gasteiger partial charge in [0.15, 0.2) is 0 Å². The summed E-state index contributed by atoms with van der Waals surface area (Å²) in [5.74, 6) is 0. The number of methoxy groups -OCH3 is 1. The fourth-order valence-corrected chi connectivity index (χ4v) is 2.30. The van der Waals surface area contributed by atoms with E-state index in [0.717, 1.165) is 19.4 Å². The van der Waals surface area contributed by atoms with Gasteiger partial charge in [-0.3, -0.25) is 0 Å². The van der Waals surface area contributed by atoms with Crippen LogP contribution in [0.2, 0.25) is 0 Å². The zero-order valence-electron chi connectivity index (χ0n) is 11.5. The van der Waals surface area contributed by atoms with Crippen molar-refractivity contribution in [1.82, 2.24) is 9.88 Å². The molecule has 0 aliphatic heterocycles. The number of carbonyl (C=O) groups is 1. The number of para-hydroxylation sites is 1. The third-order valence-electron chi connectivity index (χ3n) is 3.28. The van der Waals surface area contributed by atoms with Crippen molar-refractivity contribution < 1.29 is 9.53 Å². The minimum absolute atomic E-state index is 0.369. The van der Waals surface area contributed by atoms with Crippen molar-refractivity contribution in [3.63, 3.8) is 0 Å². The average Bonchev–Trinajstić information content (AvgIpc) is 2.81. The number of benzene rings is 1. The van der Waals surface area contributed by atoms with E-state index in [1.807, 2.05) is 0 Å². The fourth-order valence-electron chi connectivity index (χ4n) is 2.30. The highest BCUT2D eigenvalue weighted by molar-refractivity contribution is 5.83. The van der Waals surface area contributed by atoms with Crippen LogP contribution in [-0.4, -0.2) is 24.3 Å². The standard InChI is InChI=1S/C15H20N2O2/c1-3-12-11-17(10-6-9-16-15(18)19-2)14-8-5-4-7-13(12)14/h4-5,7-8,11H,3,6,9-10H2,1-2H3,(H,16,18). The van der Waals surface area contributed by atoms with E-state index in [1.165, 1.54) is 23.6 Å². The maximum absolute atomic E-state index is 10.9. The summed E-state index contributed by atoms with van der Waals surface area (Å²) in [7, 11) is 1.38. The minimum atomic E-state index is -0.369. The minimum Gasteiger partial charge on any atom is -0.453 e. The van der Waals surface area contributed by atoms with Crippen LogP contribution in [0.1, 0.15) is 18.9 Å². The van der Waals surface area contributed by atoms with Crippen LogP contribution in [0.15, 0.2) is 30.5 Å². The highest BCUT2D eigenvalue weighted by Crippen LogP contribution is 2.21. The van der Waals surface area contributed by atoms with Gasteiger partial charge in [0, 0.05) is 30.2 Å². The topological polar surface area (TPSA) is 43.3 Å². The van der Waals surface area contributed by atoms with E-state index in [4.69, 9.17) is 0 Å². The molecule has 0 unspecified atom stereocenters. The lowest BCUT2D eigenvalue weighted by molar-refractivity contribution is 0.171. The first-order valence-electron chi connectivity index (χ1n) is 6.64. The molecule has 0 radical (unpaired) electrons. The summed E-state index contributed by atoms with van der Waals surface area (Å²) in [4.78, 5) is 10.9. The third kappa shape index (κ3) is 3.08. The highest BCUT2D eigenvalue weighted by atomic mass is 16.5. The lowest BCUT2D eigenvalue weighted by Gasteiger charge is -2.06. The van der Waals surface area contributed by atoms with Crippen LogP contribution >= 0.6 is 0 Å². The average molecular weight is 260 g/mol. The molecule has 102 valence electrons. The lowest BCUT2D eigenvalue weighted by atomic mass is 10.1. The van der Waals surface area contributed by atoms with Gasteiger partial charge < -0.3 is 14.6 Å². The van der Waals surface area contributed by atoms with Crippen LogP contribution < -0.4 is 5.32 Å². The number of nitrogens with zero attached hydrogens (tertiary/aromatic N) is 1. The van der Waals surface area contributed by atoms with Gasteiger partial charge in [-0.15, -0.1) is 0 Å². The SMILES string of the molecule is CCc1cn(CCCNC(=O)OC)c2ccccc12. The molecule has 0 aliphatic carbocycles. The zero-order valence-corrected chi connectivity index (χ0v) is 11.5. The van der Waals surface area contributed by atoms with E-state index in [9.17, 15) is 4.79 Å². The number of carbonyl (C=O) groups excluding carboxylic acids is 1. The van der Waals surface area contributed by atoms with Gasteiger partial charge in [-0.1, -0.05) is 25.1 Å². The molecule has 0 saturated heterocycles. The quantitative estimate of drug-likeness (QED) is 0.840. The smallest absolute Gasteiger partial charge is 0.406 e. The number of fused-ring (bicyclic) bond motifs is 1. The number of rotatable bonds is 5. The second-order valence-corrected chi connectivity index (χ2v) is 4.49. The van der Waals surface area contributed by atoms with Crippen LogP contribution in [0.5, 0.6) is 0 Å². The molecule has 0 fully saturated rings. The molecular formula is C15H20N2O2. The summed E-state index contributed by atoms with van der Waals surface area (Å²) in [5, 5.41) is 4.02. The molecule has 1 heterocycles. The predicted octanol–water partition coefficient (Wildman–Crippen LogP) is 2.95. The highest BCUT2D eigenvalue weighted by Gasteiger charge is 2.06. The molecule has 0 bridgehead atoms. The van der Waals surface area contributed by atoms with Gasteiger partial charge in [0.1, 0.15) is 0 Å². The third-order valence-corrected chi connectivity index (χ3v) is 3.28. The van der Waals surface area contributed by atoms with E-state index in [1.54, 1.807) is 0 Å². The number of ether oxygens (including phenoxy) is 1. The molecule has 4 nitrogen and oxygen atoms in total. The van der Waals surface area contributed by atoms with E-state index < -0.39 is 0 Å². The number of nitrogens with one attached hydrogen (secondary N) is 1. The van der Waals surface area contributed by atoms with E-state index >= 15 is 0 Å². The van der Waals surface area contributed by atoms with E-state index in [-0.39, 0.29) is 6.09 Å². The van der Waals surface area contributed by atoms with E-state index in [2.05, 4.69) is 52.0 Å². The number of hydrogen-bond acceptors (Lipinski definition) is 2. The number of amides is 1. The summed E-state index contributed by atoms with van der Waals surface area (Å²) in [6.07, 6.45) is 3.76. The second kappa shape index (κ2) is 6.27. The Morgan fingerprint density at radius 2 is 2.16 bits per heavy atom. The van der Waals surface area contributed by atoms with E-state index in [0.29, 0.717) is 6.54 Å². The molecule has 2 aromatic rings. The van der Waals surface area contributed by atoms with Gasteiger partial charge >= 0.3 is 6.09 Å². The Balaban J connectivity index is 2.02. The molecule has 1 amide bonds. The van der Waals surface area contributed by atoms with Crippen molar-refractivity contribution in [2.24, 2.45) is 0 Å². The molecule has 0 spiro atoms. The molecule has 4 heteroatoms. The number of aryl methyl sites for hydroxylation is 2. The Kier molecular flexibility index (Phi) is 4.44. The molecular weight excluding hydrogens is 240 g/mol. The van der Waals surface area contributed by atoms with Crippen molar-refractivity contribution in [3.05, 3.63) is 36.0 Å². The summed E-state index contributed by atoms with van der Waals surface area (Å²) < 4.78 is 6.79. The first-order chi connectivity index (χ1) is 9.26. The van der Waals surface area contributed by atoms with Crippen LogP contribution in [0, 0.1) is 0 Å². The molecule has 1 aromatic heterocycles. The summed E-state index contributed by atoms with van der Waals surface area (Å²) >= 11 is 0. The first kappa shape index (κ1) is 13.5. The number of hydrogen-bond donors (Lipinski definition) is 1. The van der Waals surface area contributed by atoms with Crippen LogP contribution in [0.4, 0.5) is 4.79 Å². The van der Waals surface area contributed by atoms with Gasteiger partial charge in [0.05, 0.1) is 7.11 Å². The summed E-state index contributed by atoms with van der Waals surface area (Å²) in [5.41, 5.74) is 2.63. The zero-order chi connectivity index (χ0) is 13.7. The monoisotopic (exact) mass is 260 g/mol. The Bertz CT molecular complexity index is 560. The van der Waals surface area contributed by atoms with Crippen molar-refractivity contribution in [2.75, 3.05) is 13.7 Å². The van der Waals surface area contributed by atoms with Crippen LogP contribution in [0.25, 0.3) is 10.9 Å². The lowest BCUT2D eigenvalue weighted by Crippen LogP contribution is -2.24. The molecule has 0 atom stereocenters.